The lowest BCUT2D eigenvalue weighted by atomic mass is 10.1. The van der Waals surface area contributed by atoms with Gasteiger partial charge in [0.25, 0.3) is 17.2 Å². The highest BCUT2D eigenvalue weighted by atomic mass is 16.6. The smallest absolute Gasteiger partial charge is 0.407 e. The van der Waals surface area contributed by atoms with Gasteiger partial charge >= 0.3 is 6.09 Å². The van der Waals surface area contributed by atoms with E-state index in [0.29, 0.717) is 17.5 Å². The molecule has 0 aliphatic carbocycles. The van der Waals surface area contributed by atoms with Crippen LogP contribution in [0.4, 0.5) is 22.1 Å². The summed E-state index contributed by atoms with van der Waals surface area (Å²) in [5.41, 5.74) is 0.522. The quantitative estimate of drug-likeness (QED) is 0.206. The molecule has 1 atom stereocenters. The summed E-state index contributed by atoms with van der Waals surface area (Å²) in [6.45, 7) is 5.49. The highest BCUT2D eigenvalue weighted by molar-refractivity contribution is 6.13. The van der Waals surface area contributed by atoms with Crippen LogP contribution in [-0.4, -0.2) is 49.6 Å². The summed E-state index contributed by atoms with van der Waals surface area (Å²) >= 11 is 0. The van der Waals surface area contributed by atoms with Crippen molar-refractivity contribution in [2.24, 2.45) is 7.05 Å². The van der Waals surface area contributed by atoms with Crippen LogP contribution in [-0.2, 0) is 24.8 Å². The Hall–Kier alpha value is -5.59. The van der Waals surface area contributed by atoms with E-state index in [4.69, 9.17) is 9.72 Å². The molecule has 0 bridgehead atoms. The number of amides is 2. The molecule has 0 saturated carbocycles. The fraction of sp³-hybridized carbons (Fsp3) is 0.281. The minimum atomic E-state index is -0.692. The van der Waals surface area contributed by atoms with Gasteiger partial charge in [-0.25, -0.2) is 9.78 Å². The molecule has 2 aromatic carbocycles. The van der Waals surface area contributed by atoms with E-state index in [1.165, 1.54) is 41.0 Å². The van der Waals surface area contributed by atoms with Gasteiger partial charge in [0.05, 0.1) is 17.5 Å². The summed E-state index contributed by atoms with van der Waals surface area (Å²) in [6, 6.07) is 16.9. The first kappa shape index (κ1) is 30.9. The number of nitro groups is 1. The lowest BCUT2D eigenvalue weighted by Gasteiger charge is -2.25. The second-order valence-electron chi connectivity index (χ2n) is 11.6. The van der Waals surface area contributed by atoms with Gasteiger partial charge in [-0.2, -0.15) is 0 Å². The second kappa shape index (κ2) is 12.6. The van der Waals surface area contributed by atoms with Gasteiger partial charge in [-0.1, -0.05) is 42.5 Å². The minimum Gasteiger partial charge on any atom is -0.444 e. The first-order valence-electron chi connectivity index (χ1n) is 14.3. The fourth-order valence-corrected chi connectivity index (χ4v) is 5.14. The van der Waals surface area contributed by atoms with Crippen LogP contribution in [0.1, 0.15) is 42.3 Å². The van der Waals surface area contributed by atoms with Gasteiger partial charge in [0, 0.05) is 37.6 Å². The van der Waals surface area contributed by atoms with Crippen molar-refractivity contribution < 1.29 is 19.2 Å². The molecule has 0 fully saturated rings. The summed E-state index contributed by atoms with van der Waals surface area (Å²) in [7, 11) is 1.52. The van der Waals surface area contributed by atoms with Crippen molar-refractivity contribution in [2.45, 2.75) is 45.4 Å². The highest BCUT2D eigenvalue weighted by Gasteiger charge is 2.38. The zero-order chi connectivity index (χ0) is 32.3. The zero-order valence-corrected chi connectivity index (χ0v) is 25.3. The van der Waals surface area contributed by atoms with Crippen molar-refractivity contribution in [1.82, 2.24) is 19.9 Å². The average Bonchev–Trinajstić information content (AvgIpc) is 3.33. The normalized spacial score (nSPS) is 13.2. The molecule has 232 valence electrons. The van der Waals surface area contributed by atoms with Crippen molar-refractivity contribution >= 4 is 29.3 Å². The topological polar surface area (TPSA) is 162 Å². The Morgan fingerprint density at radius 1 is 1.07 bits per heavy atom. The van der Waals surface area contributed by atoms with Gasteiger partial charge in [0.15, 0.2) is 0 Å². The summed E-state index contributed by atoms with van der Waals surface area (Å²) in [5.74, 6) is -0.466. The Balaban J connectivity index is 1.51. The number of hydrogen-bond donors (Lipinski definition) is 2. The molecular weight excluding hydrogens is 578 g/mol. The van der Waals surface area contributed by atoms with E-state index in [0.717, 1.165) is 5.56 Å². The molecule has 4 aromatic rings. The Morgan fingerprint density at radius 2 is 1.78 bits per heavy atom. The number of rotatable bonds is 9. The van der Waals surface area contributed by atoms with Crippen LogP contribution in [0.3, 0.4) is 0 Å². The monoisotopic (exact) mass is 611 g/mol. The lowest BCUT2D eigenvalue weighted by Crippen LogP contribution is -2.44. The van der Waals surface area contributed by atoms with Gasteiger partial charge in [-0.05, 0) is 50.5 Å². The molecule has 3 heterocycles. The van der Waals surface area contributed by atoms with E-state index in [1.54, 1.807) is 39.0 Å². The molecular formula is C32H33N7O6. The molecule has 5 rings (SSSR count). The summed E-state index contributed by atoms with van der Waals surface area (Å²) in [5, 5.41) is 17.8. The van der Waals surface area contributed by atoms with Crippen LogP contribution in [0.5, 0.6) is 0 Å². The average molecular weight is 612 g/mol. The first-order chi connectivity index (χ1) is 21.4. The highest BCUT2D eigenvalue weighted by Crippen LogP contribution is 2.36. The van der Waals surface area contributed by atoms with Gasteiger partial charge in [-0.15, -0.1) is 0 Å². The van der Waals surface area contributed by atoms with E-state index < -0.39 is 34.1 Å². The number of fused-ring (bicyclic) bond motifs is 1. The predicted molar refractivity (Wildman–Crippen MR) is 168 cm³/mol. The minimum absolute atomic E-state index is 0.0162. The second-order valence-corrected chi connectivity index (χ2v) is 11.6. The van der Waals surface area contributed by atoms with Crippen LogP contribution in [0, 0.1) is 10.1 Å². The van der Waals surface area contributed by atoms with Crippen LogP contribution in [0.2, 0.25) is 0 Å². The van der Waals surface area contributed by atoms with Crippen molar-refractivity contribution in [2.75, 3.05) is 16.8 Å². The number of benzene rings is 2. The van der Waals surface area contributed by atoms with E-state index in [1.807, 2.05) is 30.3 Å². The molecule has 2 N–H and O–H groups in total. The van der Waals surface area contributed by atoms with Crippen LogP contribution >= 0.6 is 0 Å². The van der Waals surface area contributed by atoms with Crippen LogP contribution in [0.25, 0.3) is 11.3 Å². The van der Waals surface area contributed by atoms with E-state index >= 15 is 0 Å². The van der Waals surface area contributed by atoms with Gasteiger partial charge < -0.3 is 15.4 Å². The maximum Gasteiger partial charge on any atom is 0.407 e. The maximum atomic E-state index is 14.0. The molecule has 2 amide bonds. The van der Waals surface area contributed by atoms with Crippen LogP contribution in [0.15, 0.2) is 77.9 Å². The third kappa shape index (κ3) is 6.82. The van der Waals surface area contributed by atoms with Gasteiger partial charge in [-0.3, -0.25) is 34.2 Å². The molecule has 1 aliphatic heterocycles. The first-order valence-corrected chi connectivity index (χ1v) is 14.3. The summed E-state index contributed by atoms with van der Waals surface area (Å²) in [6.07, 6.45) is 2.96. The number of carbonyl (C=O) groups is 2. The molecule has 2 aromatic heterocycles. The molecule has 0 radical (unpaired) electrons. The fourth-order valence-electron chi connectivity index (χ4n) is 5.14. The van der Waals surface area contributed by atoms with E-state index in [2.05, 4.69) is 15.6 Å². The van der Waals surface area contributed by atoms with Crippen molar-refractivity contribution in [1.29, 1.82) is 0 Å². The third-order valence-corrected chi connectivity index (χ3v) is 7.16. The standard InChI is InChI=1S/C32H33N7O6/c1-32(2,3)45-31(42)35-23(17-20-9-6-5-7-10-20)18-34-30-36-26(21-13-15-33-16-14-21)27(29(41)37(30)4)38-19-22-11-8-12-24(39(43)44)25(22)28(38)40/h5-16,23H,17-19H2,1-4H3,(H,34,36)(H,35,42). The molecule has 1 aliphatic rings. The Bertz CT molecular complexity index is 1800. The Kier molecular flexibility index (Phi) is 8.61. The largest absolute Gasteiger partial charge is 0.444 e. The number of alkyl carbamates (subject to hydrolysis) is 1. The van der Waals surface area contributed by atoms with E-state index in [-0.39, 0.29) is 41.7 Å². The third-order valence-electron chi connectivity index (χ3n) is 7.16. The van der Waals surface area contributed by atoms with Crippen molar-refractivity contribution in [3.63, 3.8) is 0 Å². The number of anilines is 2. The number of hydrogen-bond acceptors (Lipinski definition) is 9. The molecule has 45 heavy (non-hydrogen) atoms. The SMILES string of the molecule is Cn1c(NCC(Cc2ccccc2)NC(=O)OC(C)(C)C)nc(-c2ccncc2)c(N2Cc3cccc([N+](=O)[O-])c3C2=O)c1=O. The van der Waals surface area contributed by atoms with Gasteiger partial charge in [0.2, 0.25) is 5.95 Å². The number of nitrogens with one attached hydrogen (secondary N) is 2. The van der Waals surface area contributed by atoms with Crippen molar-refractivity contribution in [3.8, 4) is 11.3 Å². The number of nitrogens with zero attached hydrogens (tertiary/aromatic N) is 5. The number of aromatic nitrogens is 3. The van der Waals surface area contributed by atoms with Crippen LogP contribution < -0.4 is 21.1 Å². The Labute approximate surface area is 259 Å². The number of ether oxygens (including phenoxy) is 1. The predicted octanol–water partition coefficient (Wildman–Crippen LogP) is 4.46. The number of nitro benzene ring substituents is 1. The summed E-state index contributed by atoms with van der Waals surface area (Å²) in [4.78, 5) is 61.5. The van der Waals surface area contributed by atoms with E-state index in [9.17, 15) is 24.5 Å². The molecule has 13 heteroatoms. The summed E-state index contributed by atoms with van der Waals surface area (Å²) < 4.78 is 6.75. The lowest BCUT2D eigenvalue weighted by molar-refractivity contribution is -0.385. The number of carbonyl (C=O) groups excluding carboxylic acids is 2. The van der Waals surface area contributed by atoms with Crippen molar-refractivity contribution in [3.05, 3.63) is 110 Å². The zero-order valence-electron chi connectivity index (χ0n) is 25.3. The molecule has 1 unspecified atom stereocenters. The maximum absolute atomic E-state index is 14.0. The van der Waals surface area contributed by atoms with Gasteiger partial charge in [0.1, 0.15) is 22.5 Å². The molecule has 0 saturated heterocycles. The Morgan fingerprint density at radius 3 is 2.44 bits per heavy atom. The molecule has 13 nitrogen and oxygen atoms in total. The number of pyridine rings is 1. The molecule has 0 spiro atoms.